The minimum Gasteiger partial charge on any atom is -0.360 e. The molecule has 0 fully saturated rings. The average Bonchev–Trinajstić information content (AvgIpc) is 3.26. The highest BCUT2D eigenvalue weighted by atomic mass is 14.9. The van der Waals surface area contributed by atoms with Crippen molar-refractivity contribution < 1.29 is 0 Å². The van der Waals surface area contributed by atoms with Crippen LogP contribution in [0.1, 0.15) is 5.56 Å². The molecule has 0 amide bonds. The van der Waals surface area contributed by atoms with Gasteiger partial charge in [-0.1, -0.05) is 5.92 Å². The molecule has 22 heavy (non-hydrogen) atoms. The summed E-state index contributed by atoms with van der Waals surface area (Å²) in [5, 5.41) is 0.929. The fraction of sp³-hybridized carbons (Fsp3) is 0. The quantitative estimate of drug-likeness (QED) is 0.552. The smallest absolute Gasteiger partial charge is 0.160 e. The Balaban J connectivity index is 1.95. The maximum Gasteiger partial charge on any atom is 0.160 e. The number of H-pyrrole nitrogens is 2. The SMILES string of the molecule is C#Cc1cc2ccc(-c3ccc[nH]3)nc2nc1-c1ccc[nH]1. The van der Waals surface area contributed by atoms with Gasteiger partial charge >= 0.3 is 0 Å². The van der Waals surface area contributed by atoms with Crippen molar-refractivity contribution in [2.24, 2.45) is 0 Å². The number of aromatic nitrogens is 4. The molecule has 0 bridgehead atoms. The van der Waals surface area contributed by atoms with E-state index in [1.54, 1.807) is 0 Å². The molecule has 0 aliphatic rings. The Kier molecular flexibility index (Phi) is 2.77. The van der Waals surface area contributed by atoms with Crippen molar-refractivity contribution in [3.05, 3.63) is 60.4 Å². The molecule has 104 valence electrons. The second-order valence-corrected chi connectivity index (χ2v) is 4.94. The maximum atomic E-state index is 5.63. The predicted molar refractivity (Wildman–Crippen MR) is 87.0 cm³/mol. The van der Waals surface area contributed by atoms with E-state index in [-0.39, 0.29) is 0 Å². The van der Waals surface area contributed by atoms with Crippen molar-refractivity contribution in [3.8, 4) is 35.1 Å². The molecular formula is C18H12N4. The number of aromatic amines is 2. The van der Waals surface area contributed by atoms with Gasteiger partial charge in [-0.05, 0) is 42.5 Å². The first-order valence-corrected chi connectivity index (χ1v) is 6.91. The molecular weight excluding hydrogens is 272 g/mol. The van der Waals surface area contributed by atoms with Crippen LogP contribution in [0.5, 0.6) is 0 Å². The first-order chi connectivity index (χ1) is 10.8. The van der Waals surface area contributed by atoms with Crippen LogP contribution in [-0.4, -0.2) is 19.9 Å². The van der Waals surface area contributed by atoms with Gasteiger partial charge in [-0.15, -0.1) is 6.42 Å². The Labute approximate surface area is 127 Å². The van der Waals surface area contributed by atoms with Gasteiger partial charge in [-0.3, -0.25) is 0 Å². The Morgan fingerprint density at radius 2 is 1.68 bits per heavy atom. The van der Waals surface area contributed by atoms with Gasteiger partial charge in [-0.25, -0.2) is 9.97 Å². The molecule has 2 N–H and O–H groups in total. The molecule has 4 aromatic rings. The number of nitrogens with zero attached hydrogens (tertiary/aromatic N) is 2. The van der Waals surface area contributed by atoms with Crippen molar-refractivity contribution in [1.29, 1.82) is 0 Å². The van der Waals surface area contributed by atoms with Crippen LogP contribution < -0.4 is 0 Å². The highest BCUT2D eigenvalue weighted by Crippen LogP contribution is 2.25. The summed E-state index contributed by atoms with van der Waals surface area (Å²) >= 11 is 0. The third-order valence-corrected chi connectivity index (χ3v) is 3.56. The van der Waals surface area contributed by atoms with Crippen LogP contribution in [0.15, 0.2) is 54.9 Å². The Bertz CT molecular complexity index is 974. The van der Waals surface area contributed by atoms with Gasteiger partial charge in [0.05, 0.1) is 22.6 Å². The van der Waals surface area contributed by atoms with E-state index in [2.05, 4.69) is 25.9 Å². The molecule has 0 aromatic carbocycles. The molecule has 0 saturated carbocycles. The van der Waals surface area contributed by atoms with Crippen LogP contribution in [0.25, 0.3) is 33.8 Å². The van der Waals surface area contributed by atoms with Gasteiger partial charge < -0.3 is 9.97 Å². The fourth-order valence-corrected chi connectivity index (χ4v) is 2.48. The summed E-state index contributed by atoms with van der Waals surface area (Å²) < 4.78 is 0. The van der Waals surface area contributed by atoms with E-state index < -0.39 is 0 Å². The van der Waals surface area contributed by atoms with Crippen LogP contribution in [-0.2, 0) is 0 Å². The van der Waals surface area contributed by atoms with E-state index in [0.29, 0.717) is 5.65 Å². The minimum atomic E-state index is 0.677. The molecule has 4 heteroatoms. The number of pyridine rings is 2. The monoisotopic (exact) mass is 284 g/mol. The molecule has 4 heterocycles. The summed E-state index contributed by atoms with van der Waals surface area (Å²) in [4.78, 5) is 15.6. The lowest BCUT2D eigenvalue weighted by molar-refractivity contribution is 1.24. The van der Waals surface area contributed by atoms with E-state index >= 15 is 0 Å². The summed E-state index contributed by atoms with van der Waals surface area (Å²) in [6.07, 6.45) is 9.35. The second-order valence-electron chi connectivity index (χ2n) is 4.94. The third-order valence-electron chi connectivity index (χ3n) is 3.56. The molecule has 4 rings (SSSR count). The number of rotatable bonds is 2. The number of hydrogen-bond acceptors (Lipinski definition) is 2. The van der Waals surface area contributed by atoms with Crippen LogP contribution in [0.4, 0.5) is 0 Å². The Morgan fingerprint density at radius 3 is 2.36 bits per heavy atom. The molecule has 0 atom stereocenters. The normalized spacial score (nSPS) is 10.7. The van der Waals surface area contributed by atoms with Crippen LogP contribution in [0.2, 0.25) is 0 Å². The first-order valence-electron chi connectivity index (χ1n) is 6.91. The molecule has 0 unspecified atom stereocenters. The lowest BCUT2D eigenvalue weighted by atomic mass is 10.1. The third kappa shape index (κ3) is 1.97. The van der Waals surface area contributed by atoms with E-state index in [4.69, 9.17) is 6.42 Å². The van der Waals surface area contributed by atoms with Gasteiger partial charge in [0.2, 0.25) is 0 Å². The molecule has 4 aromatic heterocycles. The van der Waals surface area contributed by atoms with Crippen LogP contribution in [0, 0.1) is 12.3 Å². The average molecular weight is 284 g/mol. The molecule has 0 aliphatic heterocycles. The number of hydrogen-bond donors (Lipinski definition) is 2. The minimum absolute atomic E-state index is 0.677. The topological polar surface area (TPSA) is 57.4 Å². The van der Waals surface area contributed by atoms with E-state index in [1.807, 2.05) is 54.9 Å². The van der Waals surface area contributed by atoms with E-state index in [1.165, 1.54) is 0 Å². The zero-order valence-corrected chi connectivity index (χ0v) is 11.7. The lowest BCUT2D eigenvalue weighted by Gasteiger charge is -2.06. The maximum absolute atomic E-state index is 5.63. The summed E-state index contributed by atoms with van der Waals surface area (Å²) in [6.45, 7) is 0. The molecule has 0 saturated heterocycles. The standard InChI is InChI=1S/C18H12N4/c1-2-12-11-13-7-8-15(14-5-3-9-19-14)21-18(13)22-17(12)16-6-4-10-20-16/h1,3-11,19-20H. The van der Waals surface area contributed by atoms with Crippen LogP contribution in [0.3, 0.4) is 0 Å². The van der Waals surface area contributed by atoms with Gasteiger partial charge in [0.25, 0.3) is 0 Å². The number of nitrogens with one attached hydrogen (secondary N) is 2. The summed E-state index contributed by atoms with van der Waals surface area (Å²) in [5.41, 5.74) is 4.89. The summed E-state index contributed by atoms with van der Waals surface area (Å²) in [5.74, 6) is 2.70. The predicted octanol–water partition coefficient (Wildman–Crippen LogP) is 3.60. The zero-order chi connectivity index (χ0) is 14.9. The molecule has 0 spiro atoms. The number of terminal acetylenes is 1. The van der Waals surface area contributed by atoms with Crippen molar-refractivity contribution in [2.75, 3.05) is 0 Å². The second kappa shape index (κ2) is 4.90. The largest absolute Gasteiger partial charge is 0.360 e. The molecule has 0 radical (unpaired) electrons. The Hall–Kier alpha value is -3.32. The van der Waals surface area contributed by atoms with Crippen molar-refractivity contribution in [2.45, 2.75) is 0 Å². The summed E-state index contributed by atoms with van der Waals surface area (Å²) in [6, 6.07) is 13.7. The Morgan fingerprint density at radius 1 is 0.909 bits per heavy atom. The molecule has 4 nitrogen and oxygen atoms in total. The molecule has 0 aliphatic carbocycles. The van der Waals surface area contributed by atoms with E-state index in [9.17, 15) is 0 Å². The summed E-state index contributed by atoms with van der Waals surface area (Å²) in [7, 11) is 0. The number of fused-ring (bicyclic) bond motifs is 1. The zero-order valence-electron chi connectivity index (χ0n) is 11.7. The van der Waals surface area contributed by atoms with Crippen molar-refractivity contribution in [3.63, 3.8) is 0 Å². The van der Waals surface area contributed by atoms with Crippen molar-refractivity contribution >= 4 is 11.0 Å². The van der Waals surface area contributed by atoms with Crippen LogP contribution >= 0.6 is 0 Å². The highest BCUT2D eigenvalue weighted by molar-refractivity contribution is 5.83. The van der Waals surface area contributed by atoms with Gasteiger partial charge in [0.1, 0.15) is 5.69 Å². The lowest BCUT2D eigenvalue weighted by Crippen LogP contribution is -1.94. The fourth-order valence-electron chi connectivity index (χ4n) is 2.48. The van der Waals surface area contributed by atoms with Gasteiger partial charge in [0.15, 0.2) is 5.65 Å². The first kappa shape index (κ1) is 12.4. The van der Waals surface area contributed by atoms with Gasteiger partial charge in [0, 0.05) is 17.8 Å². The van der Waals surface area contributed by atoms with E-state index in [0.717, 1.165) is 33.7 Å². The van der Waals surface area contributed by atoms with Gasteiger partial charge in [-0.2, -0.15) is 0 Å². The van der Waals surface area contributed by atoms with Crippen molar-refractivity contribution in [1.82, 2.24) is 19.9 Å². The highest BCUT2D eigenvalue weighted by Gasteiger charge is 2.10.